The van der Waals surface area contributed by atoms with Crippen LogP contribution in [0.3, 0.4) is 0 Å². The van der Waals surface area contributed by atoms with Gasteiger partial charge in [-0.1, -0.05) is 182 Å². The van der Waals surface area contributed by atoms with Crippen LogP contribution < -0.4 is 0 Å². The molecule has 0 N–H and O–H groups in total. The van der Waals surface area contributed by atoms with E-state index in [2.05, 4.69) is 257 Å². The Balaban J connectivity index is 0.801. The lowest BCUT2D eigenvalue weighted by Crippen LogP contribution is -1.95. The van der Waals surface area contributed by atoms with Gasteiger partial charge in [-0.3, -0.25) is 9.97 Å². The van der Waals surface area contributed by atoms with Crippen LogP contribution in [-0.4, -0.2) is 14.5 Å². The number of fused-ring (bicyclic) bond motifs is 10. The second kappa shape index (κ2) is 17.4. The van der Waals surface area contributed by atoms with Gasteiger partial charge in [0.1, 0.15) is 0 Å². The van der Waals surface area contributed by atoms with Gasteiger partial charge in [-0.05, 0) is 177 Å². The molecular formula is C72H45N3. The Morgan fingerprint density at radius 3 is 1.53 bits per heavy atom. The highest BCUT2D eigenvalue weighted by Gasteiger charge is 2.20. The largest absolute Gasteiger partial charge is 0.308 e. The standard InChI is InChI=1S/C72H45N3/c1-3-11-46(12-4-1)48-18-19-50-38-51(21-20-49(50)37-48)54-27-31-63(66(43-54)47-13-5-2-6-14-47)57-28-32-61-55(40-57)23-24-56-41-58(29-33-62(56)61)67-44-68-69-45-73-36-34-71(69)75(72(68)65-16-8-7-15-64(65)67)60-30-26-52-39-59(25-22-53(52)42-60)70-17-9-10-35-74-70/h1-45H. The third kappa shape index (κ3) is 7.28. The first-order valence-electron chi connectivity index (χ1n) is 25.7. The Labute approximate surface area is 433 Å². The van der Waals surface area contributed by atoms with Gasteiger partial charge < -0.3 is 4.57 Å². The van der Waals surface area contributed by atoms with Crippen LogP contribution in [0.15, 0.2) is 273 Å². The zero-order chi connectivity index (χ0) is 49.4. The maximum atomic E-state index is 4.67. The summed E-state index contributed by atoms with van der Waals surface area (Å²) in [4.78, 5) is 9.27. The fraction of sp³-hybridized carbons (Fsp3) is 0. The summed E-state index contributed by atoms with van der Waals surface area (Å²) < 4.78 is 2.43. The maximum Gasteiger partial charge on any atom is 0.0702 e. The molecule has 0 aliphatic carbocycles. The molecule has 0 unspecified atom stereocenters. The molecule has 0 aliphatic heterocycles. The van der Waals surface area contributed by atoms with E-state index < -0.39 is 0 Å². The summed E-state index contributed by atoms with van der Waals surface area (Å²) >= 11 is 0. The van der Waals surface area contributed by atoms with Gasteiger partial charge in [0, 0.05) is 46.0 Å². The minimum absolute atomic E-state index is 0.974. The summed E-state index contributed by atoms with van der Waals surface area (Å²) in [6.07, 6.45) is 5.78. The first-order chi connectivity index (χ1) is 37.1. The van der Waals surface area contributed by atoms with Crippen LogP contribution >= 0.6 is 0 Å². The number of rotatable bonds is 7. The van der Waals surface area contributed by atoms with Gasteiger partial charge in [-0.25, -0.2) is 0 Å². The second-order valence-electron chi connectivity index (χ2n) is 19.8. The van der Waals surface area contributed by atoms with E-state index in [0.29, 0.717) is 0 Å². The second-order valence-corrected chi connectivity index (χ2v) is 19.8. The Hall–Kier alpha value is -9.96. The van der Waals surface area contributed by atoms with Crippen molar-refractivity contribution in [3.63, 3.8) is 0 Å². The van der Waals surface area contributed by atoms with Crippen molar-refractivity contribution in [1.82, 2.24) is 14.5 Å². The molecule has 75 heavy (non-hydrogen) atoms. The topological polar surface area (TPSA) is 30.7 Å². The quantitative estimate of drug-likeness (QED) is 0.149. The number of pyridine rings is 2. The van der Waals surface area contributed by atoms with Crippen LogP contribution in [0.25, 0.3) is 148 Å². The lowest BCUT2D eigenvalue weighted by Gasteiger charge is -2.15. The molecule has 0 amide bonds. The van der Waals surface area contributed by atoms with Gasteiger partial charge in [0.2, 0.25) is 0 Å². The molecule has 0 bridgehead atoms. The zero-order valence-corrected chi connectivity index (χ0v) is 40.8. The van der Waals surface area contributed by atoms with Crippen LogP contribution in [-0.2, 0) is 0 Å². The Bertz CT molecular complexity index is 4750. The van der Waals surface area contributed by atoms with E-state index in [4.69, 9.17) is 0 Å². The van der Waals surface area contributed by atoms with E-state index in [1.54, 1.807) is 0 Å². The van der Waals surface area contributed by atoms with Crippen molar-refractivity contribution in [3.05, 3.63) is 273 Å². The minimum Gasteiger partial charge on any atom is -0.308 e. The molecule has 15 rings (SSSR count). The van der Waals surface area contributed by atoms with Gasteiger partial charge in [0.25, 0.3) is 0 Å². The molecule has 0 spiro atoms. The Morgan fingerprint density at radius 2 is 0.813 bits per heavy atom. The summed E-state index contributed by atoms with van der Waals surface area (Å²) in [7, 11) is 0. The fourth-order valence-corrected chi connectivity index (χ4v) is 11.8. The molecule has 0 saturated heterocycles. The molecule has 0 aliphatic rings. The number of hydrogen-bond donors (Lipinski definition) is 0. The molecule has 3 heterocycles. The highest BCUT2D eigenvalue weighted by atomic mass is 15.0. The van der Waals surface area contributed by atoms with Crippen LogP contribution in [0.4, 0.5) is 0 Å². The molecule has 348 valence electrons. The van der Waals surface area contributed by atoms with Crippen molar-refractivity contribution < 1.29 is 0 Å². The predicted molar refractivity (Wildman–Crippen MR) is 317 cm³/mol. The SMILES string of the molecule is c1ccc(-c2ccc3cc(-c4ccc(-c5ccc6c(ccc7cc(-c8cc9c%10cnccc%10n(-c%10ccc%11cc(-c%12ccccn%12)ccc%11c%10)c9c9ccccc89)ccc76)c5)c(-c5ccccc5)c4)ccc3c2)cc1. The lowest BCUT2D eigenvalue weighted by atomic mass is 9.89. The van der Waals surface area contributed by atoms with Gasteiger partial charge in [-0.15, -0.1) is 0 Å². The highest BCUT2D eigenvalue weighted by molar-refractivity contribution is 6.22. The van der Waals surface area contributed by atoms with E-state index in [-0.39, 0.29) is 0 Å². The number of benzene rings is 12. The van der Waals surface area contributed by atoms with E-state index in [1.165, 1.54) is 120 Å². The normalized spacial score (nSPS) is 11.7. The summed E-state index contributed by atoms with van der Waals surface area (Å²) in [6.45, 7) is 0. The molecule has 12 aromatic carbocycles. The predicted octanol–water partition coefficient (Wildman–Crippen LogP) is 19.3. The molecule has 3 aromatic heterocycles. The molecule has 0 radical (unpaired) electrons. The first-order valence-corrected chi connectivity index (χ1v) is 25.7. The molecular weight excluding hydrogens is 907 g/mol. The van der Waals surface area contributed by atoms with Crippen LogP contribution in [0.5, 0.6) is 0 Å². The highest BCUT2D eigenvalue weighted by Crippen LogP contribution is 2.44. The van der Waals surface area contributed by atoms with Crippen molar-refractivity contribution in [2.24, 2.45) is 0 Å². The van der Waals surface area contributed by atoms with Crippen molar-refractivity contribution in [1.29, 1.82) is 0 Å². The third-order valence-corrected chi connectivity index (χ3v) is 15.5. The van der Waals surface area contributed by atoms with E-state index in [1.807, 2.05) is 30.7 Å². The maximum absolute atomic E-state index is 4.67. The smallest absolute Gasteiger partial charge is 0.0702 e. The summed E-state index contributed by atoms with van der Waals surface area (Å²) in [5.74, 6) is 0. The van der Waals surface area contributed by atoms with Gasteiger partial charge in [0.15, 0.2) is 0 Å². The number of nitrogens with zero attached hydrogens (tertiary/aromatic N) is 3. The molecule has 0 saturated carbocycles. The molecule has 0 fully saturated rings. The fourth-order valence-electron chi connectivity index (χ4n) is 11.8. The van der Waals surface area contributed by atoms with Crippen molar-refractivity contribution >= 4 is 75.7 Å². The summed E-state index contributed by atoms with van der Waals surface area (Å²) in [6, 6.07) is 93.5. The van der Waals surface area contributed by atoms with Crippen molar-refractivity contribution in [3.8, 4) is 72.6 Å². The van der Waals surface area contributed by atoms with Crippen LogP contribution in [0, 0.1) is 0 Å². The molecule has 3 heteroatoms. The van der Waals surface area contributed by atoms with Gasteiger partial charge in [0.05, 0.1) is 16.7 Å². The summed E-state index contributed by atoms with van der Waals surface area (Å²) in [5.41, 5.74) is 17.6. The lowest BCUT2D eigenvalue weighted by molar-refractivity contribution is 1.19. The van der Waals surface area contributed by atoms with Crippen LogP contribution in [0.1, 0.15) is 0 Å². The average Bonchev–Trinajstić information content (AvgIpc) is 3.83. The Kier molecular flexibility index (Phi) is 9.89. The number of aromatic nitrogens is 3. The van der Waals surface area contributed by atoms with Crippen LogP contribution in [0.2, 0.25) is 0 Å². The number of hydrogen-bond acceptors (Lipinski definition) is 2. The van der Waals surface area contributed by atoms with Crippen molar-refractivity contribution in [2.75, 3.05) is 0 Å². The van der Waals surface area contributed by atoms with E-state index in [9.17, 15) is 0 Å². The van der Waals surface area contributed by atoms with E-state index >= 15 is 0 Å². The molecule has 0 atom stereocenters. The Morgan fingerprint density at radius 1 is 0.267 bits per heavy atom. The minimum atomic E-state index is 0.974. The first kappa shape index (κ1) is 42.7. The van der Waals surface area contributed by atoms with E-state index in [0.717, 1.165) is 27.8 Å². The third-order valence-electron chi connectivity index (χ3n) is 15.5. The average molecular weight is 952 g/mol. The van der Waals surface area contributed by atoms with Crippen molar-refractivity contribution in [2.45, 2.75) is 0 Å². The van der Waals surface area contributed by atoms with Gasteiger partial charge >= 0.3 is 0 Å². The van der Waals surface area contributed by atoms with Gasteiger partial charge in [-0.2, -0.15) is 0 Å². The molecule has 3 nitrogen and oxygen atoms in total. The summed E-state index contributed by atoms with van der Waals surface area (Å²) in [5, 5.41) is 14.5. The molecule has 15 aromatic rings. The zero-order valence-electron chi connectivity index (χ0n) is 40.8. The monoisotopic (exact) mass is 951 g/mol.